The lowest BCUT2D eigenvalue weighted by Gasteiger charge is -2.20. The van der Waals surface area contributed by atoms with E-state index in [1.54, 1.807) is 16.4 Å². The third kappa shape index (κ3) is 4.04. The van der Waals surface area contributed by atoms with E-state index in [2.05, 4.69) is 12.2 Å². The van der Waals surface area contributed by atoms with Gasteiger partial charge in [0, 0.05) is 19.1 Å². The minimum Gasteiger partial charge on any atom is -0.313 e. The molecule has 5 heteroatoms. The first-order valence-corrected chi connectivity index (χ1v) is 8.68. The van der Waals surface area contributed by atoms with Gasteiger partial charge in [0.2, 0.25) is 10.0 Å². The normalized spacial score (nSPS) is 13.7. The maximum absolute atomic E-state index is 12.5. The molecule has 0 saturated carbocycles. The molecule has 0 aliphatic carbocycles. The second kappa shape index (κ2) is 7.76. The molecule has 1 aromatic carbocycles. The molecule has 0 aromatic heterocycles. The molecular weight excluding hydrogens is 272 g/mol. The van der Waals surface area contributed by atoms with Crippen LogP contribution in [0.1, 0.15) is 45.2 Å². The van der Waals surface area contributed by atoms with E-state index in [1.807, 2.05) is 33.0 Å². The van der Waals surface area contributed by atoms with Gasteiger partial charge in [0.05, 0.1) is 4.90 Å². The summed E-state index contributed by atoms with van der Waals surface area (Å²) in [4.78, 5) is 0.377. The molecule has 1 atom stereocenters. The van der Waals surface area contributed by atoms with Crippen LogP contribution in [-0.2, 0) is 10.0 Å². The van der Waals surface area contributed by atoms with E-state index in [0.717, 1.165) is 18.4 Å². The van der Waals surface area contributed by atoms with Crippen LogP contribution >= 0.6 is 0 Å². The second-order valence-electron chi connectivity index (χ2n) is 4.93. The van der Waals surface area contributed by atoms with Crippen LogP contribution < -0.4 is 5.32 Å². The summed E-state index contributed by atoms with van der Waals surface area (Å²) in [5.74, 6) is 0. The van der Waals surface area contributed by atoms with Crippen molar-refractivity contribution in [3.05, 3.63) is 29.8 Å². The highest BCUT2D eigenvalue weighted by atomic mass is 32.2. The van der Waals surface area contributed by atoms with E-state index in [4.69, 9.17) is 0 Å². The third-order valence-corrected chi connectivity index (χ3v) is 5.55. The van der Waals surface area contributed by atoms with Gasteiger partial charge in [-0.25, -0.2) is 8.42 Å². The van der Waals surface area contributed by atoms with Crippen molar-refractivity contribution in [2.75, 3.05) is 20.1 Å². The molecule has 0 spiro atoms. The highest BCUT2D eigenvalue weighted by molar-refractivity contribution is 7.89. The van der Waals surface area contributed by atoms with Crippen LogP contribution in [0.25, 0.3) is 0 Å². The molecule has 0 aliphatic rings. The van der Waals surface area contributed by atoms with Crippen molar-refractivity contribution in [1.82, 2.24) is 9.62 Å². The van der Waals surface area contributed by atoms with Gasteiger partial charge in [0.1, 0.15) is 0 Å². The van der Waals surface area contributed by atoms with Gasteiger partial charge in [0.25, 0.3) is 0 Å². The van der Waals surface area contributed by atoms with Crippen molar-refractivity contribution < 1.29 is 8.42 Å². The fourth-order valence-corrected chi connectivity index (χ4v) is 3.51. The Hall–Kier alpha value is -0.910. The molecule has 0 saturated heterocycles. The first-order chi connectivity index (χ1) is 9.47. The van der Waals surface area contributed by atoms with E-state index >= 15 is 0 Å². The molecule has 1 N–H and O–H groups in total. The highest BCUT2D eigenvalue weighted by Gasteiger charge is 2.22. The van der Waals surface area contributed by atoms with Crippen LogP contribution in [0.4, 0.5) is 0 Å². The Morgan fingerprint density at radius 2 is 1.80 bits per heavy atom. The van der Waals surface area contributed by atoms with Crippen LogP contribution in [-0.4, -0.2) is 32.9 Å². The number of unbranched alkanes of at least 4 members (excludes halogenated alkanes) is 1. The first kappa shape index (κ1) is 17.1. The number of nitrogens with one attached hydrogen (secondary N) is 1. The van der Waals surface area contributed by atoms with Crippen molar-refractivity contribution in [3.8, 4) is 0 Å². The maximum atomic E-state index is 12.5. The summed E-state index contributed by atoms with van der Waals surface area (Å²) in [5, 5.41) is 3.14. The zero-order valence-electron chi connectivity index (χ0n) is 12.9. The Morgan fingerprint density at radius 3 is 2.25 bits per heavy atom. The fourth-order valence-electron chi connectivity index (χ4n) is 2.03. The lowest BCUT2D eigenvalue weighted by atomic mass is 10.1. The standard InChI is InChI=1S/C15H26N2O2S/c1-5-7-12-17(6-2)20(18,19)15-10-8-14(9-11-15)13(3)16-4/h8-11,13,16H,5-7,12H2,1-4H3. The second-order valence-corrected chi connectivity index (χ2v) is 6.87. The lowest BCUT2D eigenvalue weighted by molar-refractivity contribution is 0.419. The van der Waals surface area contributed by atoms with E-state index in [0.29, 0.717) is 18.0 Å². The van der Waals surface area contributed by atoms with Crippen LogP contribution in [0.15, 0.2) is 29.2 Å². The molecule has 20 heavy (non-hydrogen) atoms. The third-order valence-electron chi connectivity index (χ3n) is 3.56. The van der Waals surface area contributed by atoms with Gasteiger partial charge in [-0.2, -0.15) is 4.31 Å². The lowest BCUT2D eigenvalue weighted by Crippen LogP contribution is -2.31. The summed E-state index contributed by atoms with van der Waals surface area (Å²) in [7, 11) is -1.47. The van der Waals surface area contributed by atoms with Gasteiger partial charge in [-0.05, 0) is 38.1 Å². The molecule has 1 unspecified atom stereocenters. The van der Waals surface area contributed by atoms with E-state index in [1.165, 1.54) is 0 Å². The van der Waals surface area contributed by atoms with Crippen LogP contribution in [0.5, 0.6) is 0 Å². The molecule has 0 fully saturated rings. The summed E-state index contributed by atoms with van der Waals surface area (Å²) in [6.07, 6.45) is 1.88. The maximum Gasteiger partial charge on any atom is 0.243 e. The molecular formula is C15H26N2O2S. The number of benzene rings is 1. The number of sulfonamides is 1. The molecule has 0 bridgehead atoms. The van der Waals surface area contributed by atoms with E-state index in [-0.39, 0.29) is 6.04 Å². The number of hydrogen-bond donors (Lipinski definition) is 1. The topological polar surface area (TPSA) is 49.4 Å². The number of nitrogens with zero attached hydrogens (tertiary/aromatic N) is 1. The van der Waals surface area contributed by atoms with Crippen LogP contribution in [0.3, 0.4) is 0 Å². The molecule has 0 aliphatic heterocycles. The van der Waals surface area contributed by atoms with Gasteiger partial charge in [-0.3, -0.25) is 0 Å². The largest absolute Gasteiger partial charge is 0.313 e. The first-order valence-electron chi connectivity index (χ1n) is 7.24. The monoisotopic (exact) mass is 298 g/mol. The minimum absolute atomic E-state index is 0.217. The Kier molecular flexibility index (Phi) is 6.65. The smallest absolute Gasteiger partial charge is 0.243 e. The van der Waals surface area contributed by atoms with E-state index in [9.17, 15) is 8.42 Å². The number of rotatable bonds is 8. The highest BCUT2D eigenvalue weighted by Crippen LogP contribution is 2.19. The molecule has 0 radical (unpaired) electrons. The average Bonchev–Trinajstić information content (AvgIpc) is 2.47. The molecule has 1 rings (SSSR count). The van der Waals surface area contributed by atoms with Crippen molar-refractivity contribution in [1.29, 1.82) is 0 Å². The summed E-state index contributed by atoms with van der Waals surface area (Å²) in [5.41, 5.74) is 1.09. The Morgan fingerprint density at radius 1 is 1.20 bits per heavy atom. The number of hydrogen-bond acceptors (Lipinski definition) is 3. The molecule has 1 aromatic rings. The van der Waals surface area contributed by atoms with Crippen LogP contribution in [0.2, 0.25) is 0 Å². The molecule has 114 valence electrons. The predicted octanol–water partition coefficient (Wildman–Crippen LogP) is 2.78. The zero-order valence-corrected chi connectivity index (χ0v) is 13.7. The quantitative estimate of drug-likeness (QED) is 0.803. The molecule has 4 nitrogen and oxygen atoms in total. The average molecular weight is 298 g/mol. The predicted molar refractivity (Wildman–Crippen MR) is 83.3 cm³/mol. The molecule has 0 amide bonds. The van der Waals surface area contributed by atoms with Crippen molar-refractivity contribution in [2.45, 2.75) is 44.6 Å². The summed E-state index contributed by atoms with van der Waals surface area (Å²) in [6.45, 7) is 7.09. The van der Waals surface area contributed by atoms with Crippen molar-refractivity contribution in [2.24, 2.45) is 0 Å². The van der Waals surface area contributed by atoms with Crippen molar-refractivity contribution >= 4 is 10.0 Å². The zero-order chi connectivity index (χ0) is 15.2. The SMILES string of the molecule is CCCCN(CC)S(=O)(=O)c1ccc(C(C)NC)cc1. The summed E-state index contributed by atoms with van der Waals surface area (Å²) >= 11 is 0. The van der Waals surface area contributed by atoms with Gasteiger partial charge in [-0.1, -0.05) is 32.4 Å². The van der Waals surface area contributed by atoms with Crippen molar-refractivity contribution in [3.63, 3.8) is 0 Å². The Balaban J connectivity index is 2.96. The minimum atomic E-state index is -3.36. The van der Waals surface area contributed by atoms with Gasteiger partial charge in [-0.15, -0.1) is 0 Å². The van der Waals surface area contributed by atoms with Gasteiger partial charge in [0.15, 0.2) is 0 Å². The van der Waals surface area contributed by atoms with E-state index < -0.39 is 10.0 Å². The summed E-state index contributed by atoms with van der Waals surface area (Å²) < 4.78 is 26.6. The van der Waals surface area contributed by atoms with Gasteiger partial charge < -0.3 is 5.32 Å². The fraction of sp³-hybridized carbons (Fsp3) is 0.600. The Bertz CT molecular complexity index is 497. The Labute approximate surface area is 123 Å². The molecule has 0 heterocycles. The van der Waals surface area contributed by atoms with Gasteiger partial charge >= 0.3 is 0 Å². The summed E-state index contributed by atoms with van der Waals surface area (Å²) in [6, 6.07) is 7.37. The van der Waals surface area contributed by atoms with Crippen LogP contribution in [0, 0.1) is 0 Å².